The lowest BCUT2D eigenvalue weighted by Gasteiger charge is -2.17. The van der Waals surface area contributed by atoms with Crippen molar-refractivity contribution in [3.8, 4) is 5.75 Å². The zero-order chi connectivity index (χ0) is 19.6. The number of sulfonamides is 1. The van der Waals surface area contributed by atoms with E-state index in [0.29, 0.717) is 16.9 Å². The number of hydrogen-bond donors (Lipinski definition) is 1. The molecule has 2 rings (SSSR count). The molecule has 0 saturated carbocycles. The molecule has 1 N–H and O–H groups in total. The Morgan fingerprint density at radius 1 is 1.12 bits per heavy atom. The van der Waals surface area contributed by atoms with E-state index in [0.717, 1.165) is 5.56 Å². The third-order valence-electron chi connectivity index (χ3n) is 4.12. The summed E-state index contributed by atoms with van der Waals surface area (Å²) >= 11 is 0. The van der Waals surface area contributed by atoms with Gasteiger partial charge in [0, 0.05) is 12.1 Å². The summed E-state index contributed by atoms with van der Waals surface area (Å²) in [7, 11) is -2.38. The van der Waals surface area contributed by atoms with Crippen molar-refractivity contribution in [3.05, 3.63) is 57.1 Å². The van der Waals surface area contributed by atoms with Crippen LogP contribution in [0.2, 0.25) is 0 Å². The van der Waals surface area contributed by atoms with Crippen LogP contribution in [0, 0.1) is 24.0 Å². The van der Waals surface area contributed by atoms with Gasteiger partial charge in [0.2, 0.25) is 0 Å². The number of nitro benzene ring substituents is 1. The number of benzene rings is 2. The fraction of sp³-hybridized carbons (Fsp3) is 0.333. The fourth-order valence-electron chi connectivity index (χ4n) is 2.63. The van der Waals surface area contributed by atoms with Crippen molar-refractivity contribution < 1.29 is 18.1 Å². The van der Waals surface area contributed by atoms with Crippen molar-refractivity contribution in [2.24, 2.45) is 0 Å². The number of nitrogens with one attached hydrogen (secondary N) is 1. The molecule has 26 heavy (non-hydrogen) atoms. The fourth-order valence-corrected chi connectivity index (χ4v) is 4.01. The number of ether oxygens (including phenoxy) is 1. The van der Waals surface area contributed by atoms with Crippen molar-refractivity contribution in [1.82, 2.24) is 0 Å². The highest BCUT2D eigenvalue weighted by molar-refractivity contribution is 7.92. The van der Waals surface area contributed by atoms with Gasteiger partial charge in [0.05, 0.1) is 22.6 Å². The maximum atomic E-state index is 12.9. The van der Waals surface area contributed by atoms with Crippen LogP contribution in [0.25, 0.3) is 0 Å². The molecule has 0 fully saturated rings. The van der Waals surface area contributed by atoms with E-state index in [1.165, 1.54) is 18.2 Å². The van der Waals surface area contributed by atoms with Gasteiger partial charge in [-0.15, -0.1) is 0 Å². The molecule has 0 spiro atoms. The van der Waals surface area contributed by atoms with E-state index in [2.05, 4.69) is 4.72 Å². The van der Waals surface area contributed by atoms with Crippen LogP contribution in [-0.2, 0) is 10.0 Å². The molecule has 0 radical (unpaired) electrons. The molecule has 0 aliphatic carbocycles. The first kappa shape index (κ1) is 19.7. The van der Waals surface area contributed by atoms with Crippen molar-refractivity contribution in [1.29, 1.82) is 0 Å². The molecule has 0 bridgehead atoms. The average Bonchev–Trinajstić information content (AvgIpc) is 2.55. The van der Waals surface area contributed by atoms with Crippen LogP contribution < -0.4 is 9.46 Å². The summed E-state index contributed by atoms with van der Waals surface area (Å²) in [5.41, 5.74) is 1.90. The second-order valence-corrected chi connectivity index (χ2v) is 8.03. The minimum atomic E-state index is -3.92. The number of anilines is 1. The number of nitro groups is 1. The Bertz CT molecular complexity index is 952. The molecule has 2 aromatic carbocycles. The molecular formula is C18H22N2O5S. The van der Waals surface area contributed by atoms with Gasteiger partial charge in [-0.3, -0.25) is 14.8 Å². The third-order valence-corrected chi connectivity index (χ3v) is 5.62. The number of aryl methyl sites for hydroxylation is 2. The molecule has 0 aliphatic rings. The Morgan fingerprint density at radius 3 is 2.31 bits per heavy atom. The van der Waals surface area contributed by atoms with Crippen LogP contribution in [0.4, 0.5) is 11.4 Å². The van der Waals surface area contributed by atoms with Gasteiger partial charge in [-0.05, 0) is 48.6 Å². The van der Waals surface area contributed by atoms with Gasteiger partial charge in [-0.25, -0.2) is 8.42 Å². The minimum Gasteiger partial charge on any atom is -0.496 e. The Hall–Kier alpha value is -2.61. The van der Waals surface area contributed by atoms with E-state index >= 15 is 0 Å². The topological polar surface area (TPSA) is 98.5 Å². The summed E-state index contributed by atoms with van der Waals surface area (Å²) in [6.45, 7) is 7.26. The van der Waals surface area contributed by atoms with Crippen LogP contribution in [0.5, 0.6) is 5.75 Å². The van der Waals surface area contributed by atoms with Crippen molar-refractivity contribution in [2.45, 2.75) is 38.5 Å². The van der Waals surface area contributed by atoms with Gasteiger partial charge in [-0.2, -0.15) is 0 Å². The first-order valence-corrected chi connectivity index (χ1v) is 9.51. The summed E-state index contributed by atoms with van der Waals surface area (Å²) in [5.74, 6) is 0.696. The lowest BCUT2D eigenvalue weighted by atomic mass is 10.0. The van der Waals surface area contributed by atoms with Gasteiger partial charge in [-0.1, -0.05) is 19.9 Å². The minimum absolute atomic E-state index is 0.0686. The Morgan fingerprint density at radius 2 is 1.77 bits per heavy atom. The number of non-ortho nitro benzene ring substituents is 1. The summed E-state index contributed by atoms with van der Waals surface area (Å²) in [6.07, 6.45) is 0. The second-order valence-electron chi connectivity index (χ2n) is 6.38. The molecule has 0 saturated heterocycles. The molecule has 0 heterocycles. The van der Waals surface area contributed by atoms with E-state index < -0.39 is 14.9 Å². The van der Waals surface area contributed by atoms with Crippen LogP contribution in [0.15, 0.2) is 35.2 Å². The largest absolute Gasteiger partial charge is 0.496 e. The first-order valence-electron chi connectivity index (χ1n) is 8.03. The highest BCUT2D eigenvalue weighted by atomic mass is 32.2. The molecular weight excluding hydrogens is 356 g/mol. The molecule has 7 nitrogen and oxygen atoms in total. The zero-order valence-electron chi connectivity index (χ0n) is 15.4. The normalized spacial score (nSPS) is 11.5. The van der Waals surface area contributed by atoms with E-state index in [9.17, 15) is 18.5 Å². The molecule has 0 unspecified atom stereocenters. The molecule has 8 heteroatoms. The number of methoxy groups -OCH3 is 1. The molecule has 2 aromatic rings. The van der Waals surface area contributed by atoms with E-state index in [1.807, 2.05) is 13.8 Å². The van der Waals surface area contributed by atoms with Crippen LogP contribution in [0.1, 0.15) is 36.5 Å². The van der Waals surface area contributed by atoms with Crippen LogP contribution in [0.3, 0.4) is 0 Å². The van der Waals surface area contributed by atoms with Gasteiger partial charge >= 0.3 is 0 Å². The predicted molar refractivity (Wildman–Crippen MR) is 100 cm³/mol. The summed E-state index contributed by atoms with van der Waals surface area (Å²) in [6, 6.07) is 7.34. The first-order chi connectivity index (χ1) is 12.1. The lowest BCUT2D eigenvalue weighted by molar-refractivity contribution is -0.384. The second kappa shape index (κ2) is 7.33. The van der Waals surface area contributed by atoms with Gasteiger partial charge < -0.3 is 4.74 Å². The highest BCUT2D eigenvalue weighted by Crippen LogP contribution is 2.33. The molecule has 0 amide bonds. The van der Waals surface area contributed by atoms with E-state index in [-0.39, 0.29) is 22.2 Å². The van der Waals surface area contributed by atoms with Crippen LogP contribution in [-0.4, -0.2) is 20.5 Å². The molecule has 0 atom stereocenters. The maximum Gasteiger partial charge on any atom is 0.271 e. The average molecular weight is 378 g/mol. The van der Waals surface area contributed by atoms with Crippen molar-refractivity contribution in [2.75, 3.05) is 11.8 Å². The highest BCUT2D eigenvalue weighted by Gasteiger charge is 2.22. The summed E-state index contributed by atoms with van der Waals surface area (Å²) in [5, 5.41) is 11.0. The Kier molecular flexibility index (Phi) is 5.56. The van der Waals surface area contributed by atoms with Gasteiger partial charge in [0.1, 0.15) is 5.75 Å². The van der Waals surface area contributed by atoms with Gasteiger partial charge in [0.25, 0.3) is 15.7 Å². The third kappa shape index (κ3) is 3.96. The SMILES string of the molecule is COc1cc(C)c(S(=O)(=O)Nc2cc([N+](=O)[O-])ccc2C)cc1C(C)C. The molecule has 0 aromatic heterocycles. The lowest BCUT2D eigenvalue weighted by Crippen LogP contribution is -2.16. The zero-order valence-corrected chi connectivity index (χ0v) is 16.2. The van der Waals surface area contributed by atoms with Crippen molar-refractivity contribution in [3.63, 3.8) is 0 Å². The Balaban J connectivity index is 2.54. The maximum absolute atomic E-state index is 12.9. The van der Waals surface area contributed by atoms with Crippen molar-refractivity contribution >= 4 is 21.4 Å². The molecule has 0 aliphatic heterocycles. The number of nitrogens with zero attached hydrogens (tertiary/aromatic N) is 1. The standard InChI is InChI=1S/C18H22N2O5S/c1-11(2)15-10-18(13(4)8-17(15)25-5)26(23,24)19-16-9-14(20(21)22)7-6-12(16)3/h6-11,19H,1-5H3. The van der Waals surface area contributed by atoms with E-state index in [4.69, 9.17) is 4.74 Å². The van der Waals surface area contributed by atoms with E-state index in [1.54, 1.807) is 33.1 Å². The molecule has 140 valence electrons. The van der Waals surface area contributed by atoms with Crippen LogP contribution >= 0.6 is 0 Å². The number of hydrogen-bond acceptors (Lipinski definition) is 5. The van der Waals surface area contributed by atoms with Gasteiger partial charge in [0.15, 0.2) is 0 Å². The summed E-state index contributed by atoms with van der Waals surface area (Å²) in [4.78, 5) is 10.5. The smallest absolute Gasteiger partial charge is 0.271 e. The number of rotatable bonds is 6. The Labute approximate surface area is 153 Å². The summed E-state index contributed by atoms with van der Waals surface area (Å²) < 4.78 is 33.6. The monoisotopic (exact) mass is 378 g/mol. The predicted octanol–water partition coefficient (Wildman–Crippen LogP) is 4.14. The quantitative estimate of drug-likeness (QED) is 0.601.